The molecule has 0 radical (unpaired) electrons. The van der Waals surface area contributed by atoms with Gasteiger partial charge in [0, 0.05) is 5.41 Å². The third-order valence-corrected chi connectivity index (χ3v) is 4.04. The van der Waals surface area contributed by atoms with Crippen LogP contribution < -0.4 is 0 Å². The molecule has 1 saturated heterocycles. The Kier molecular flexibility index (Phi) is 2.33. The molecule has 3 nitrogen and oxygen atoms in total. The Labute approximate surface area is 85.8 Å². The van der Waals surface area contributed by atoms with Crippen LogP contribution in [0.5, 0.6) is 0 Å². The Balaban J connectivity index is 3.16. The maximum Gasteiger partial charge on any atom is 0.509 e. The average Bonchev–Trinajstić information content (AvgIpc) is 1.97. The van der Waals surface area contributed by atoms with Crippen molar-refractivity contribution >= 4 is 6.16 Å². The molecule has 1 aliphatic rings. The summed E-state index contributed by atoms with van der Waals surface area (Å²) in [5.41, 5.74) is -1.14. The van der Waals surface area contributed by atoms with Gasteiger partial charge in [-0.15, -0.1) is 0 Å². The molecule has 0 bridgehead atoms. The maximum atomic E-state index is 11.3. The monoisotopic (exact) mass is 200 g/mol. The van der Waals surface area contributed by atoms with Gasteiger partial charge in [-0.05, 0) is 34.1 Å². The van der Waals surface area contributed by atoms with Gasteiger partial charge in [-0.25, -0.2) is 4.79 Å². The second-order valence-corrected chi connectivity index (χ2v) is 5.16. The number of hydrogen-bond acceptors (Lipinski definition) is 3. The normalized spacial score (nSPS) is 27.7. The van der Waals surface area contributed by atoms with E-state index in [0.29, 0.717) is 0 Å². The fraction of sp³-hybridized carbons (Fsp3) is 0.909. The molecular weight excluding hydrogens is 180 g/mol. The van der Waals surface area contributed by atoms with E-state index < -0.39 is 17.4 Å². The Morgan fingerprint density at radius 2 is 1.36 bits per heavy atom. The first-order valence-corrected chi connectivity index (χ1v) is 5.08. The minimum Gasteiger partial charge on any atom is -0.428 e. The molecule has 0 unspecified atom stereocenters. The largest absolute Gasteiger partial charge is 0.509 e. The van der Waals surface area contributed by atoms with Crippen molar-refractivity contribution in [2.75, 3.05) is 0 Å². The standard InChI is InChI=1S/C11H20O3/c1-7-11(6)9(2,3)13-8(12)14-10(11,4)5/h7H2,1-6H3. The van der Waals surface area contributed by atoms with Gasteiger partial charge >= 0.3 is 6.16 Å². The molecule has 1 heterocycles. The fourth-order valence-electron chi connectivity index (χ4n) is 2.24. The van der Waals surface area contributed by atoms with Gasteiger partial charge in [-0.1, -0.05) is 13.8 Å². The van der Waals surface area contributed by atoms with Crippen LogP contribution in [0.2, 0.25) is 0 Å². The number of cyclic esters (lactones) is 2. The number of hydrogen-bond donors (Lipinski definition) is 0. The average molecular weight is 200 g/mol. The van der Waals surface area contributed by atoms with Gasteiger partial charge in [0.15, 0.2) is 0 Å². The SMILES string of the molecule is CCC1(C)C(C)(C)OC(=O)OC1(C)C. The third-order valence-electron chi connectivity index (χ3n) is 4.04. The van der Waals surface area contributed by atoms with E-state index in [1.54, 1.807) is 0 Å². The summed E-state index contributed by atoms with van der Waals surface area (Å²) in [4.78, 5) is 11.3. The van der Waals surface area contributed by atoms with Gasteiger partial charge in [0.2, 0.25) is 0 Å². The second-order valence-electron chi connectivity index (χ2n) is 5.16. The van der Waals surface area contributed by atoms with Gasteiger partial charge in [0.05, 0.1) is 0 Å². The van der Waals surface area contributed by atoms with Crippen molar-refractivity contribution in [3.63, 3.8) is 0 Å². The van der Waals surface area contributed by atoms with Gasteiger partial charge in [-0.3, -0.25) is 0 Å². The molecule has 1 rings (SSSR count). The Bertz CT molecular complexity index is 233. The molecule has 0 aromatic carbocycles. The molecule has 0 aromatic rings. The van der Waals surface area contributed by atoms with E-state index in [0.717, 1.165) is 6.42 Å². The number of carbonyl (C=O) groups excluding carboxylic acids is 1. The van der Waals surface area contributed by atoms with Crippen LogP contribution in [0, 0.1) is 5.41 Å². The molecule has 0 saturated carbocycles. The van der Waals surface area contributed by atoms with E-state index in [2.05, 4.69) is 13.8 Å². The first-order chi connectivity index (χ1) is 6.16. The van der Waals surface area contributed by atoms with E-state index in [1.165, 1.54) is 0 Å². The van der Waals surface area contributed by atoms with E-state index in [1.807, 2.05) is 27.7 Å². The van der Waals surface area contributed by atoms with Crippen LogP contribution in [0.25, 0.3) is 0 Å². The van der Waals surface area contributed by atoms with Crippen molar-refractivity contribution in [3.8, 4) is 0 Å². The highest BCUT2D eigenvalue weighted by Crippen LogP contribution is 2.50. The maximum absolute atomic E-state index is 11.3. The molecule has 0 N–H and O–H groups in total. The van der Waals surface area contributed by atoms with Crippen molar-refractivity contribution in [1.82, 2.24) is 0 Å². The molecular formula is C11H20O3. The van der Waals surface area contributed by atoms with Crippen LogP contribution in [0.1, 0.15) is 48.0 Å². The van der Waals surface area contributed by atoms with Crippen LogP contribution >= 0.6 is 0 Å². The molecule has 0 atom stereocenters. The molecule has 14 heavy (non-hydrogen) atoms. The van der Waals surface area contributed by atoms with Crippen molar-refractivity contribution in [2.45, 2.75) is 59.2 Å². The first kappa shape index (κ1) is 11.3. The van der Waals surface area contributed by atoms with E-state index in [4.69, 9.17) is 9.47 Å². The van der Waals surface area contributed by atoms with Crippen LogP contribution in [0.4, 0.5) is 4.79 Å². The number of rotatable bonds is 1. The zero-order valence-corrected chi connectivity index (χ0v) is 9.93. The summed E-state index contributed by atoms with van der Waals surface area (Å²) < 4.78 is 10.5. The minimum atomic E-state index is -0.564. The van der Waals surface area contributed by atoms with Gasteiger partial charge in [0.25, 0.3) is 0 Å². The van der Waals surface area contributed by atoms with Crippen LogP contribution in [0.3, 0.4) is 0 Å². The summed E-state index contributed by atoms with van der Waals surface area (Å²) in [6, 6.07) is 0. The molecule has 1 aliphatic heterocycles. The van der Waals surface area contributed by atoms with Gasteiger partial charge in [0.1, 0.15) is 11.2 Å². The Hall–Kier alpha value is -0.730. The number of carbonyl (C=O) groups is 1. The zero-order valence-electron chi connectivity index (χ0n) is 9.93. The minimum absolute atomic E-state index is 0.173. The van der Waals surface area contributed by atoms with Crippen molar-refractivity contribution in [3.05, 3.63) is 0 Å². The summed E-state index contributed by atoms with van der Waals surface area (Å²) in [5, 5.41) is 0. The van der Waals surface area contributed by atoms with Gasteiger partial charge < -0.3 is 9.47 Å². The molecule has 3 heteroatoms. The van der Waals surface area contributed by atoms with Crippen molar-refractivity contribution in [1.29, 1.82) is 0 Å². The molecule has 82 valence electrons. The van der Waals surface area contributed by atoms with Crippen LogP contribution in [0.15, 0.2) is 0 Å². The molecule has 0 spiro atoms. The summed E-state index contributed by atoms with van der Waals surface area (Å²) in [5.74, 6) is 0. The zero-order chi connectivity index (χ0) is 11.2. The Morgan fingerprint density at radius 1 is 1.00 bits per heavy atom. The van der Waals surface area contributed by atoms with E-state index >= 15 is 0 Å². The summed E-state index contributed by atoms with van der Waals surface area (Å²) in [7, 11) is 0. The topological polar surface area (TPSA) is 35.5 Å². The molecule has 0 amide bonds. The lowest BCUT2D eigenvalue weighted by atomic mass is 9.62. The van der Waals surface area contributed by atoms with Crippen molar-refractivity contribution in [2.24, 2.45) is 5.41 Å². The third kappa shape index (κ3) is 1.30. The van der Waals surface area contributed by atoms with Crippen LogP contribution in [-0.2, 0) is 9.47 Å². The van der Waals surface area contributed by atoms with E-state index in [-0.39, 0.29) is 5.41 Å². The van der Waals surface area contributed by atoms with Crippen LogP contribution in [-0.4, -0.2) is 17.4 Å². The Morgan fingerprint density at radius 3 is 1.64 bits per heavy atom. The fourth-order valence-corrected chi connectivity index (χ4v) is 2.24. The quantitative estimate of drug-likeness (QED) is 0.610. The number of ether oxygens (including phenoxy) is 2. The second kappa shape index (κ2) is 2.88. The summed E-state index contributed by atoms with van der Waals surface area (Å²) in [6.45, 7) is 12.0. The lowest BCUT2D eigenvalue weighted by Crippen LogP contribution is -2.62. The summed E-state index contributed by atoms with van der Waals surface area (Å²) in [6.07, 6.45) is 0.339. The highest BCUT2D eigenvalue weighted by Gasteiger charge is 2.58. The highest BCUT2D eigenvalue weighted by molar-refractivity contribution is 5.62. The first-order valence-electron chi connectivity index (χ1n) is 5.08. The van der Waals surface area contributed by atoms with E-state index in [9.17, 15) is 4.79 Å². The lowest BCUT2D eigenvalue weighted by molar-refractivity contribution is -0.227. The van der Waals surface area contributed by atoms with Crippen molar-refractivity contribution < 1.29 is 14.3 Å². The smallest absolute Gasteiger partial charge is 0.428 e. The highest BCUT2D eigenvalue weighted by atomic mass is 16.8. The lowest BCUT2D eigenvalue weighted by Gasteiger charge is -2.54. The summed E-state index contributed by atoms with van der Waals surface area (Å²) >= 11 is 0. The van der Waals surface area contributed by atoms with Gasteiger partial charge in [-0.2, -0.15) is 0 Å². The molecule has 1 fully saturated rings. The molecule has 0 aromatic heterocycles. The predicted octanol–water partition coefficient (Wildman–Crippen LogP) is 3.13. The molecule has 0 aliphatic carbocycles. The predicted molar refractivity (Wildman–Crippen MR) is 54.1 cm³/mol.